The van der Waals surface area contributed by atoms with Gasteiger partial charge in [0.2, 0.25) is 17.1 Å². The van der Waals surface area contributed by atoms with Crippen molar-refractivity contribution < 1.29 is 0 Å². The number of rotatable bonds is 5. The smallest absolute Gasteiger partial charge is 0.229 e. The third-order valence-electron chi connectivity index (χ3n) is 3.20. The maximum atomic E-state index is 5.77. The summed E-state index contributed by atoms with van der Waals surface area (Å²) in [4.78, 5) is 18.9. The summed E-state index contributed by atoms with van der Waals surface area (Å²) < 4.78 is 1.74. The molecule has 124 valence electrons. The average molecular weight is 342 g/mol. The van der Waals surface area contributed by atoms with Crippen molar-refractivity contribution in [3.8, 4) is 5.69 Å². The molecule has 3 aromatic rings. The molecule has 8 nitrogen and oxygen atoms in total. The summed E-state index contributed by atoms with van der Waals surface area (Å²) in [5.74, 6) is 1.35. The lowest BCUT2D eigenvalue weighted by Crippen LogP contribution is -2.16. The van der Waals surface area contributed by atoms with Crippen LogP contribution in [0.4, 0.5) is 11.9 Å². The summed E-state index contributed by atoms with van der Waals surface area (Å²) in [7, 11) is 3.72. The molecule has 0 radical (unpaired) electrons. The fourth-order valence-corrected chi connectivity index (χ4v) is 2.77. The number of nitrogen functional groups attached to an aromatic ring is 1. The van der Waals surface area contributed by atoms with Gasteiger partial charge in [0.15, 0.2) is 0 Å². The second-order valence-electron chi connectivity index (χ2n) is 5.31. The lowest BCUT2D eigenvalue weighted by atomic mass is 10.3. The Balaban J connectivity index is 1.78. The summed E-state index contributed by atoms with van der Waals surface area (Å²) in [6, 6.07) is 9.84. The van der Waals surface area contributed by atoms with Gasteiger partial charge in [-0.3, -0.25) is 0 Å². The largest absolute Gasteiger partial charge is 0.368 e. The lowest BCUT2D eigenvalue weighted by Gasteiger charge is -2.13. The Bertz CT molecular complexity index is 817. The van der Waals surface area contributed by atoms with Crippen molar-refractivity contribution in [2.75, 3.05) is 24.7 Å². The molecular formula is C15H18N8S. The van der Waals surface area contributed by atoms with E-state index in [9.17, 15) is 0 Å². The molecule has 2 aromatic heterocycles. The van der Waals surface area contributed by atoms with Gasteiger partial charge in [-0.15, -0.1) is 5.10 Å². The van der Waals surface area contributed by atoms with Crippen LogP contribution in [0.1, 0.15) is 18.0 Å². The van der Waals surface area contributed by atoms with E-state index in [1.165, 1.54) is 11.8 Å². The van der Waals surface area contributed by atoms with Crippen LogP contribution < -0.4 is 10.6 Å². The molecule has 0 aliphatic rings. The van der Waals surface area contributed by atoms with Crippen LogP contribution >= 0.6 is 11.8 Å². The second kappa shape index (κ2) is 6.83. The monoisotopic (exact) mass is 342 g/mol. The van der Waals surface area contributed by atoms with Crippen molar-refractivity contribution in [1.29, 1.82) is 0 Å². The highest BCUT2D eigenvalue weighted by Gasteiger charge is 2.16. The Labute approximate surface area is 144 Å². The van der Waals surface area contributed by atoms with Crippen molar-refractivity contribution in [3.63, 3.8) is 0 Å². The summed E-state index contributed by atoms with van der Waals surface area (Å²) in [6.45, 7) is 1.99. The quantitative estimate of drug-likeness (QED) is 0.703. The van der Waals surface area contributed by atoms with E-state index in [-0.39, 0.29) is 11.2 Å². The highest BCUT2D eigenvalue weighted by molar-refractivity contribution is 7.99. The van der Waals surface area contributed by atoms with Crippen molar-refractivity contribution in [2.24, 2.45) is 0 Å². The molecule has 9 heteroatoms. The van der Waals surface area contributed by atoms with Crippen LogP contribution in [0, 0.1) is 0 Å². The highest BCUT2D eigenvalue weighted by atomic mass is 32.2. The van der Waals surface area contributed by atoms with E-state index in [0.29, 0.717) is 16.9 Å². The molecule has 0 spiro atoms. The predicted molar refractivity (Wildman–Crippen MR) is 94.2 cm³/mol. The van der Waals surface area contributed by atoms with E-state index in [0.717, 1.165) is 5.69 Å². The molecule has 2 N–H and O–H groups in total. The van der Waals surface area contributed by atoms with Crippen LogP contribution in [0.5, 0.6) is 0 Å². The van der Waals surface area contributed by atoms with E-state index >= 15 is 0 Å². The molecule has 3 rings (SSSR count). The van der Waals surface area contributed by atoms with E-state index in [1.54, 1.807) is 15.9 Å². The SMILES string of the molecule is C[C@H](Sc1ncn(-c2ccccc2)n1)c1nc(N)nc(N(C)C)n1. The average Bonchev–Trinajstić information content (AvgIpc) is 3.03. The van der Waals surface area contributed by atoms with Gasteiger partial charge >= 0.3 is 0 Å². The van der Waals surface area contributed by atoms with Crippen molar-refractivity contribution in [3.05, 3.63) is 42.5 Å². The van der Waals surface area contributed by atoms with Gasteiger partial charge in [-0.1, -0.05) is 30.0 Å². The van der Waals surface area contributed by atoms with E-state index in [4.69, 9.17) is 5.73 Å². The van der Waals surface area contributed by atoms with E-state index in [1.807, 2.05) is 51.4 Å². The summed E-state index contributed by atoms with van der Waals surface area (Å²) in [5.41, 5.74) is 6.74. The zero-order valence-corrected chi connectivity index (χ0v) is 14.5. The molecule has 2 heterocycles. The van der Waals surface area contributed by atoms with E-state index < -0.39 is 0 Å². The first-order valence-electron chi connectivity index (χ1n) is 7.35. The molecule has 0 bridgehead atoms. The fourth-order valence-electron chi connectivity index (χ4n) is 2.00. The number of anilines is 2. The lowest BCUT2D eigenvalue weighted by molar-refractivity contribution is 0.825. The van der Waals surface area contributed by atoms with Crippen molar-refractivity contribution in [1.82, 2.24) is 29.7 Å². The number of para-hydroxylation sites is 1. The van der Waals surface area contributed by atoms with Gasteiger partial charge in [0.25, 0.3) is 0 Å². The third-order valence-corrected chi connectivity index (χ3v) is 4.16. The number of nitrogens with zero attached hydrogens (tertiary/aromatic N) is 7. The summed E-state index contributed by atoms with van der Waals surface area (Å²) in [5, 5.41) is 5.08. The molecule has 0 saturated heterocycles. The molecule has 0 aliphatic heterocycles. The Morgan fingerprint density at radius 1 is 1.12 bits per heavy atom. The number of nitrogens with two attached hydrogens (primary N) is 1. The molecule has 1 atom stereocenters. The molecule has 0 aliphatic carbocycles. The van der Waals surface area contributed by atoms with Crippen LogP contribution in [0.2, 0.25) is 0 Å². The third kappa shape index (κ3) is 3.62. The Hall–Kier alpha value is -2.68. The number of hydrogen-bond acceptors (Lipinski definition) is 8. The molecule has 0 saturated carbocycles. The number of aromatic nitrogens is 6. The van der Waals surface area contributed by atoms with Crippen molar-refractivity contribution in [2.45, 2.75) is 17.3 Å². The van der Waals surface area contributed by atoms with Crippen molar-refractivity contribution >= 4 is 23.7 Å². The zero-order valence-electron chi connectivity index (χ0n) is 13.7. The Morgan fingerprint density at radius 3 is 2.58 bits per heavy atom. The van der Waals surface area contributed by atoms with Crippen LogP contribution in [0.15, 0.2) is 41.8 Å². The zero-order chi connectivity index (χ0) is 17.1. The predicted octanol–water partition coefficient (Wildman–Crippen LogP) is 1.95. The highest BCUT2D eigenvalue weighted by Crippen LogP contribution is 2.31. The van der Waals surface area contributed by atoms with Gasteiger partial charge in [-0.2, -0.15) is 15.0 Å². The summed E-state index contributed by atoms with van der Waals surface area (Å²) >= 11 is 1.47. The van der Waals surface area contributed by atoms with Crippen LogP contribution in [0.25, 0.3) is 5.69 Å². The normalized spacial score (nSPS) is 12.1. The molecule has 24 heavy (non-hydrogen) atoms. The second-order valence-corrected chi connectivity index (χ2v) is 6.62. The van der Waals surface area contributed by atoms with Gasteiger partial charge in [-0.25, -0.2) is 9.67 Å². The van der Waals surface area contributed by atoms with Crippen LogP contribution in [0.3, 0.4) is 0 Å². The minimum atomic E-state index is -0.0550. The fraction of sp³-hybridized carbons (Fsp3) is 0.267. The van der Waals surface area contributed by atoms with Crippen LogP contribution in [-0.4, -0.2) is 43.8 Å². The number of benzene rings is 1. The number of hydrogen-bond donors (Lipinski definition) is 1. The Kier molecular flexibility index (Phi) is 4.61. The van der Waals surface area contributed by atoms with Gasteiger partial charge < -0.3 is 10.6 Å². The molecular weight excluding hydrogens is 324 g/mol. The molecule has 0 fully saturated rings. The Morgan fingerprint density at radius 2 is 1.88 bits per heavy atom. The van der Waals surface area contributed by atoms with Gasteiger partial charge in [0, 0.05) is 14.1 Å². The topological polar surface area (TPSA) is 98.6 Å². The maximum Gasteiger partial charge on any atom is 0.229 e. The first-order valence-corrected chi connectivity index (χ1v) is 8.23. The van der Waals surface area contributed by atoms with Crippen LogP contribution in [-0.2, 0) is 0 Å². The molecule has 0 unspecified atom stereocenters. The molecule has 1 aromatic carbocycles. The maximum absolute atomic E-state index is 5.77. The minimum Gasteiger partial charge on any atom is -0.368 e. The molecule has 0 amide bonds. The first kappa shape index (κ1) is 16.2. The first-order chi connectivity index (χ1) is 11.5. The van der Waals surface area contributed by atoms with Gasteiger partial charge in [-0.05, 0) is 19.1 Å². The van der Waals surface area contributed by atoms with Gasteiger partial charge in [0.1, 0.15) is 12.2 Å². The van der Waals surface area contributed by atoms with Gasteiger partial charge in [0.05, 0.1) is 10.9 Å². The summed E-state index contributed by atoms with van der Waals surface area (Å²) in [6.07, 6.45) is 1.69. The van der Waals surface area contributed by atoms with E-state index in [2.05, 4.69) is 25.0 Å². The standard InChI is InChI=1S/C15H18N8S/c1-10(12-18-13(16)20-14(19-12)22(2)3)24-15-17-9-23(21-15)11-7-5-4-6-8-11/h4-10H,1-3H3,(H2,16,18,19,20)/t10-/m0/s1. The number of thioether (sulfide) groups is 1. The minimum absolute atomic E-state index is 0.0550.